The van der Waals surface area contributed by atoms with Crippen LogP contribution in [0.2, 0.25) is 0 Å². The van der Waals surface area contributed by atoms with Gasteiger partial charge in [-0.3, -0.25) is 4.79 Å². The molecule has 0 radical (unpaired) electrons. The molecule has 1 aliphatic rings. The number of para-hydroxylation sites is 1. The summed E-state index contributed by atoms with van der Waals surface area (Å²) in [7, 11) is 0. The van der Waals surface area contributed by atoms with Gasteiger partial charge in [0.05, 0.1) is 16.6 Å². The zero-order valence-corrected chi connectivity index (χ0v) is 12.4. The molecule has 108 valence electrons. The molecule has 2 aromatic carbocycles. The van der Waals surface area contributed by atoms with Gasteiger partial charge in [0.25, 0.3) is 0 Å². The average Bonchev–Trinajstić information content (AvgIpc) is 2.99. The van der Waals surface area contributed by atoms with Crippen LogP contribution in [0, 0.1) is 5.82 Å². The van der Waals surface area contributed by atoms with Gasteiger partial charge in [-0.2, -0.15) is 0 Å². The third-order valence-corrected chi connectivity index (χ3v) is 5.10. The number of carbonyl (C=O) groups excluding carboxylic acids is 1. The monoisotopic (exact) mass is 309 g/mol. The molecular formula is C18H12FNOS. The highest BCUT2D eigenvalue weighted by molar-refractivity contribution is 8.00. The lowest BCUT2D eigenvalue weighted by Crippen LogP contribution is -2.11. The van der Waals surface area contributed by atoms with Crippen molar-refractivity contribution in [3.8, 4) is 5.69 Å². The molecule has 0 fully saturated rings. The van der Waals surface area contributed by atoms with Crippen molar-refractivity contribution >= 4 is 17.5 Å². The first-order chi connectivity index (χ1) is 10.7. The minimum atomic E-state index is -0.363. The van der Waals surface area contributed by atoms with Crippen molar-refractivity contribution in [3.05, 3.63) is 83.9 Å². The number of nitrogens with zero attached hydrogens (tertiary/aromatic N) is 1. The normalized spacial score (nSPS) is 16.8. The molecule has 1 atom stereocenters. The van der Waals surface area contributed by atoms with Gasteiger partial charge in [0, 0.05) is 11.1 Å². The Kier molecular flexibility index (Phi) is 3.12. The third-order valence-electron chi connectivity index (χ3n) is 3.78. The Morgan fingerprint density at radius 2 is 1.73 bits per heavy atom. The Hall–Kier alpha value is -2.33. The number of fused-ring (bicyclic) bond motifs is 3. The molecule has 1 unspecified atom stereocenters. The van der Waals surface area contributed by atoms with Gasteiger partial charge in [-0.1, -0.05) is 24.3 Å². The predicted molar refractivity (Wildman–Crippen MR) is 85.1 cm³/mol. The second kappa shape index (κ2) is 5.14. The Morgan fingerprint density at radius 3 is 2.55 bits per heavy atom. The van der Waals surface area contributed by atoms with E-state index in [1.54, 1.807) is 12.1 Å². The number of benzene rings is 2. The van der Waals surface area contributed by atoms with E-state index in [9.17, 15) is 9.18 Å². The standard InChI is InChI=1S/C18H12FNOS/c19-13-9-7-12(8-10-13)18-17(21)15-5-3-11-20(15)14-4-1-2-6-16(14)22-18/h1-11,18H. The molecule has 0 bridgehead atoms. The smallest absolute Gasteiger partial charge is 0.197 e. The number of thioether (sulfide) groups is 1. The lowest BCUT2D eigenvalue weighted by atomic mass is 10.1. The van der Waals surface area contributed by atoms with Crippen LogP contribution in [0.5, 0.6) is 0 Å². The lowest BCUT2D eigenvalue weighted by molar-refractivity contribution is 0.0983. The maximum absolute atomic E-state index is 13.2. The summed E-state index contributed by atoms with van der Waals surface area (Å²) < 4.78 is 15.1. The molecule has 4 rings (SSSR count). The largest absolute Gasteiger partial charge is 0.313 e. The maximum atomic E-state index is 13.2. The molecule has 0 saturated carbocycles. The zero-order chi connectivity index (χ0) is 15.1. The predicted octanol–water partition coefficient (Wildman–Crippen LogP) is 4.65. The third kappa shape index (κ3) is 2.07. The van der Waals surface area contributed by atoms with E-state index in [2.05, 4.69) is 0 Å². The number of aromatic nitrogens is 1. The van der Waals surface area contributed by atoms with E-state index < -0.39 is 0 Å². The quantitative estimate of drug-likeness (QED) is 0.653. The fourth-order valence-electron chi connectivity index (χ4n) is 2.72. The fourth-order valence-corrected chi connectivity index (χ4v) is 3.94. The summed E-state index contributed by atoms with van der Waals surface area (Å²) in [6, 6.07) is 17.8. The van der Waals surface area contributed by atoms with E-state index in [-0.39, 0.29) is 16.9 Å². The van der Waals surface area contributed by atoms with Gasteiger partial charge in [-0.25, -0.2) is 4.39 Å². The molecule has 2 heterocycles. The Labute approximate surface area is 131 Å². The van der Waals surface area contributed by atoms with Crippen LogP contribution in [0.4, 0.5) is 4.39 Å². The topological polar surface area (TPSA) is 22.0 Å². The minimum absolute atomic E-state index is 0.0396. The van der Waals surface area contributed by atoms with Crippen molar-refractivity contribution in [2.75, 3.05) is 0 Å². The lowest BCUT2D eigenvalue weighted by Gasteiger charge is -2.13. The molecule has 0 N–H and O–H groups in total. The van der Waals surface area contributed by atoms with Gasteiger partial charge in [0.2, 0.25) is 0 Å². The second-order valence-corrected chi connectivity index (χ2v) is 6.29. The highest BCUT2D eigenvalue weighted by Crippen LogP contribution is 2.43. The summed E-state index contributed by atoms with van der Waals surface area (Å²) in [6.07, 6.45) is 1.90. The molecule has 0 spiro atoms. The molecule has 0 saturated heterocycles. The molecule has 0 amide bonds. The van der Waals surface area contributed by atoms with E-state index in [4.69, 9.17) is 0 Å². The number of rotatable bonds is 1. The first-order valence-electron chi connectivity index (χ1n) is 6.97. The van der Waals surface area contributed by atoms with E-state index in [1.165, 1.54) is 23.9 Å². The number of Topliss-reactive ketones (excluding diaryl/α,β-unsaturated/α-hetero) is 1. The summed E-state index contributed by atoms with van der Waals surface area (Å²) in [5, 5.41) is -0.363. The molecule has 4 heteroatoms. The van der Waals surface area contributed by atoms with Crippen molar-refractivity contribution in [1.82, 2.24) is 4.57 Å². The molecule has 1 aliphatic heterocycles. The first-order valence-corrected chi connectivity index (χ1v) is 7.85. The molecule has 3 aromatic rings. The van der Waals surface area contributed by atoms with Gasteiger partial charge >= 0.3 is 0 Å². The van der Waals surface area contributed by atoms with Crippen LogP contribution in [0.25, 0.3) is 5.69 Å². The van der Waals surface area contributed by atoms with Crippen molar-refractivity contribution in [2.45, 2.75) is 10.1 Å². The summed E-state index contributed by atoms with van der Waals surface area (Å²) >= 11 is 1.51. The van der Waals surface area contributed by atoms with E-state index in [1.807, 2.05) is 47.2 Å². The van der Waals surface area contributed by atoms with Gasteiger partial charge < -0.3 is 4.57 Å². The average molecular weight is 309 g/mol. The first kappa shape index (κ1) is 13.3. The number of hydrogen-bond donors (Lipinski definition) is 0. The van der Waals surface area contributed by atoms with Gasteiger partial charge in [0.1, 0.15) is 5.82 Å². The Bertz CT molecular complexity index is 854. The SMILES string of the molecule is O=C1c2cccn2-c2ccccc2SC1c1ccc(F)cc1. The highest BCUT2D eigenvalue weighted by Gasteiger charge is 2.30. The highest BCUT2D eigenvalue weighted by atomic mass is 32.2. The van der Waals surface area contributed by atoms with Crippen LogP contribution < -0.4 is 0 Å². The minimum Gasteiger partial charge on any atom is -0.313 e. The number of halogens is 1. The van der Waals surface area contributed by atoms with Crippen LogP contribution >= 0.6 is 11.8 Å². The van der Waals surface area contributed by atoms with Gasteiger partial charge in [-0.15, -0.1) is 11.8 Å². The summed E-state index contributed by atoms with van der Waals surface area (Å²) in [4.78, 5) is 14.0. The van der Waals surface area contributed by atoms with Crippen LogP contribution in [0.1, 0.15) is 21.3 Å². The molecule has 22 heavy (non-hydrogen) atoms. The van der Waals surface area contributed by atoms with Crippen molar-refractivity contribution < 1.29 is 9.18 Å². The van der Waals surface area contributed by atoms with E-state index in [0.29, 0.717) is 5.69 Å². The summed E-state index contributed by atoms with van der Waals surface area (Å²) in [6.45, 7) is 0. The van der Waals surface area contributed by atoms with Crippen LogP contribution in [-0.4, -0.2) is 10.4 Å². The van der Waals surface area contributed by atoms with E-state index >= 15 is 0 Å². The number of carbonyl (C=O) groups is 1. The molecule has 1 aromatic heterocycles. The van der Waals surface area contributed by atoms with Crippen LogP contribution in [0.15, 0.2) is 71.8 Å². The molecule has 2 nitrogen and oxygen atoms in total. The van der Waals surface area contributed by atoms with Crippen molar-refractivity contribution in [2.24, 2.45) is 0 Å². The summed E-state index contributed by atoms with van der Waals surface area (Å²) in [5.41, 5.74) is 2.48. The fraction of sp³-hybridized carbons (Fsp3) is 0.0556. The Balaban J connectivity index is 1.90. The van der Waals surface area contributed by atoms with E-state index in [0.717, 1.165) is 16.1 Å². The number of ketones is 1. The van der Waals surface area contributed by atoms with Crippen molar-refractivity contribution in [1.29, 1.82) is 0 Å². The van der Waals surface area contributed by atoms with Gasteiger partial charge in [-0.05, 0) is 42.0 Å². The zero-order valence-electron chi connectivity index (χ0n) is 11.6. The maximum Gasteiger partial charge on any atom is 0.197 e. The molecule has 0 aliphatic carbocycles. The Morgan fingerprint density at radius 1 is 0.955 bits per heavy atom. The number of hydrogen-bond acceptors (Lipinski definition) is 2. The van der Waals surface area contributed by atoms with Crippen LogP contribution in [-0.2, 0) is 0 Å². The van der Waals surface area contributed by atoms with Gasteiger partial charge in [0.15, 0.2) is 5.78 Å². The van der Waals surface area contributed by atoms with Crippen molar-refractivity contribution in [3.63, 3.8) is 0 Å². The second-order valence-electron chi connectivity index (χ2n) is 5.14. The summed E-state index contributed by atoms with van der Waals surface area (Å²) in [5.74, 6) is -0.253. The van der Waals surface area contributed by atoms with Crippen LogP contribution in [0.3, 0.4) is 0 Å². The molecular weight excluding hydrogens is 297 g/mol.